The van der Waals surface area contributed by atoms with Crippen molar-refractivity contribution < 1.29 is 9.59 Å². The maximum Gasteiger partial charge on any atom is 0.253 e. The van der Waals surface area contributed by atoms with Gasteiger partial charge in [0.05, 0.1) is 6.04 Å². The van der Waals surface area contributed by atoms with E-state index >= 15 is 0 Å². The van der Waals surface area contributed by atoms with Gasteiger partial charge in [0.2, 0.25) is 5.91 Å². The van der Waals surface area contributed by atoms with Gasteiger partial charge < -0.3 is 16.0 Å². The van der Waals surface area contributed by atoms with Crippen LogP contribution in [-0.2, 0) is 4.79 Å². The Morgan fingerprint density at radius 1 is 1.33 bits per heavy atom. The van der Waals surface area contributed by atoms with Crippen molar-refractivity contribution in [1.29, 1.82) is 0 Å². The Labute approximate surface area is 126 Å². The van der Waals surface area contributed by atoms with Crippen LogP contribution in [0.5, 0.6) is 0 Å². The molecule has 0 fully saturated rings. The van der Waals surface area contributed by atoms with Gasteiger partial charge >= 0.3 is 0 Å². The number of hydrogen-bond acceptors (Lipinski definition) is 3. The lowest BCUT2D eigenvalue weighted by atomic mass is 9.99. The molecule has 0 spiro atoms. The van der Waals surface area contributed by atoms with Gasteiger partial charge in [0.25, 0.3) is 5.91 Å². The van der Waals surface area contributed by atoms with E-state index in [4.69, 9.17) is 5.73 Å². The summed E-state index contributed by atoms with van der Waals surface area (Å²) in [5, 5.41) is 2.78. The molecule has 0 radical (unpaired) electrons. The van der Waals surface area contributed by atoms with E-state index in [1.165, 1.54) is 4.90 Å². The molecule has 1 rings (SSSR count). The van der Waals surface area contributed by atoms with Gasteiger partial charge in [0.15, 0.2) is 0 Å². The molecule has 0 heterocycles. The number of nitrogens with one attached hydrogen (secondary N) is 1. The summed E-state index contributed by atoms with van der Waals surface area (Å²) in [6.45, 7) is 5.81. The van der Waals surface area contributed by atoms with Crippen LogP contribution in [0.1, 0.15) is 36.2 Å². The molecular weight excluding hydrogens is 266 g/mol. The summed E-state index contributed by atoms with van der Waals surface area (Å²) in [7, 11) is 3.40. The fourth-order valence-corrected chi connectivity index (χ4v) is 1.91. The van der Waals surface area contributed by atoms with Crippen molar-refractivity contribution in [3.63, 3.8) is 0 Å². The Morgan fingerprint density at radius 2 is 1.95 bits per heavy atom. The van der Waals surface area contributed by atoms with Crippen molar-refractivity contribution >= 4 is 17.5 Å². The lowest BCUT2D eigenvalue weighted by Gasteiger charge is -2.18. The van der Waals surface area contributed by atoms with Crippen molar-refractivity contribution in [2.75, 3.05) is 19.4 Å². The minimum absolute atomic E-state index is 0.0881. The molecule has 21 heavy (non-hydrogen) atoms. The van der Waals surface area contributed by atoms with Crippen molar-refractivity contribution in [2.45, 2.75) is 33.2 Å². The molecule has 2 atom stereocenters. The number of nitrogens with zero attached hydrogens (tertiary/aromatic N) is 1. The van der Waals surface area contributed by atoms with E-state index in [1.807, 2.05) is 26.8 Å². The van der Waals surface area contributed by atoms with E-state index in [2.05, 4.69) is 5.32 Å². The molecule has 0 aromatic heterocycles. The number of nitrogens with two attached hydrogens (primary N) is 1. The van der Waals surface area contributed by atoms with Gasteiger partial charge in [-0.25, -0.2) is 0 Å². The van der Waals surface area contributed by atoms with E-state index in [-0.39, 0.29) is 17.7 Å². The van der Waals surface area contributed by atoms with E-state index < -0.39 is 6.04 Å². The predicted molar refractivity (Wildman–Crippen MR) is 85.3 cm³/mol. The predicted octanol–water partition coefficient (Wildman–Crippen LogP) is 2.01. The van der Waals surface area contributed by atoms with Crippen LogP contribution in [0, 0.1) is 12.8 Å². The van der Waals surface area contributed by atoms with Crippen LogP contribution in [-0.4, -0.2) is 36.9 Å². The van der Waals surface area contributed by atoms with Crippen LogP contribution in [0.25, 0.3) is 0 Å². The second-order valence-electron chi connectivity index (χ2n) is 5.63. The molecule has 5 nitrogen and oxygen atoms in total. The third-order valence-electron chi connectivity index (χ3n) is 3.70. The smallest absolute Gasteiger partial charge is 0.253 e. The van der Waals surface area contributed by atoms with Gasteiger partial charge in [-0.05, 0) is 30.5 Å². The number of amides is 2. The second-order valence-corrected chi connectivity index (χ2v) is 5.63. The minimum atomic E-state index is -0.552. The summed E-state index contributed by atoms with van der Waals surface area (Å²) < 4.78 is 0. The lowest BCUT2D eigenvalue weighted by Crippen LogP contribution is -2.40. The largest absolute Gasteiger partial charge is 0.345 e. The number of carbonyl (C=O) groups is 2. The first-order valence-corrected chi connectivity index (χ1v) is 7.16. The summed E-state index contributed by atoms with van der Waals surface area (Å²) in [4.78, 5) is 25.7. The molecule has 0 bridgehead atoms. The molecule has 2 amide bonds. The van der Waals surface area contributed by atoms with Crippen molar-refractivity contribution in [3.05, 3.63) is 29.3 Å². The average Bonchev–Trinajstić information content (AvgIpc) is 2.46. The molecule has 2 unspecified atom stereocenters. The number of rotatable bonds is 5. The van der Waals surface area contributed by atoms with E-state index in [9.17, 15) is 9.59 Å². The number of benzene rings is 1. The monoisotopic (exact) mass is 291 g/mol. The highest BCUT2D eigenvalue weighted by molar-refractivity contribution is 5.99. The normalized spacial score (nSPS) is 13.4. The highest BCUT2D eigenvalue weighted by Crippen LogP contribution is 2.17. The van der Waals surface area contributed by atoms with Gasteiger partial charge in [-0.2, -0.15) is 0 Å². The zero-order chi connectivity index (χ0) is 16.2. The minimum Gasteiger partial charge on any atom is -0.345 e. The van der Waals surface area contributed by atoms with Crippen LogP contribution < -0.4 is 11.1 Å². The van der Waals surface area contributed by atoms with Crippen LogP contribution in [0.15, 0.2) is 18.2 Å². The Morgan fingerprint density at radius 3 is 2.48 bits per heavy atom. The van der Waals surface area contributed by atoms with E-state index in [0.29, 0.717) is 11.3 Å². The zero-order valence-corrected chi connectivity index (χ0v) is 13.4. The van der Waals surface area contributed by atoms with Crippen molar-refractivity contribution in [3.8, 4) is 0 Å². The number of aryl methyl sites for hydroxylation is 1. The van der Waals surface area contributed by atoms with Crippen LogP contribution >= 0.6 is 0 Å². The Hall–Kier alpha value is -1.88. The standard InChI is InChI=1S/C16H25N3O2/c1-6-10(2)14(17)15(20)18-12-8-7-11(3)13(9-12)16(21)19(4)5/h7-10,14H,6,17H2,1-5H3,(H,18,20). The third kappa shape index (κ3) is 4.29. The molecule has 0 aliphatic rings. The SMILES string of the molecule is CCC(C)C(N)C(=O)Nc1ccc(C)c(C(=O)N(C)C)c1. The molecule has 1 aromatic carbocycles. The summed E-state index contributed by atoms with van der Waals surface area (Å²) in [5.41, 5.74) is 7.95. The van der Waals surface area contributed by atoms with Gasteiger partial charge in [-0.15, -0.1) is 0 Å². The summed E-state index contributed by atoms with van der Waals surface area (Å²) in [6, 6.07) is 4.74. The molecule has 3 N–H and O–H groups in total. The summed E-state index contributed by atoms with van der Waals surface area (Å²) >= 11 is 0. The molecule has 0 aliphatic carbocycles. The highest BCUT2D eigenvalue weighted by atomic mass is 16.2. The molecule has 5 heteroatoms. The Bertz CT molecular complexity index is 526. The van der Waals surface area contributed by atoms with E-state index in [1.54, 1.807) is 26.2 Å². The zero-order valence-electron chi connectivity index (χ0n) is 13.4. The van der Waals surface area contributed by atoms with Crippen molar-refractivity contribution in [1.82, 2.24) is 4.90 Å². The fraction of sp³-hybridized carbons (Fsp3) is 0.500. The maximum absolute atomic E-state index is 12.1. The Kier molecular flexibility index (Phi) is 5.90. The molecule has 0 saturated heterocycles. The first kappa shape index (κ1) is 17.2. The van der Waals surface area contributed by atoms with Crippen LogP contribution in [0.2, 0.25) is 0 Å². The first-order valence-electron chi connectivity index (χ1n) is 7.16. The average molecular weight is 291 g/mol. The fourth-order valence-electron chi connectivity index (χ4n) is 1.91. The van der Waals surface area contributed by atoms with Gasteiger partial charge in [-0.1, -0.05) is 26.3 Å². The topological polar surface area (TPSA) is 75.4 Å². The summed E-state index contributed by atoms with van der Waals surface area (Å²) in [5.74, 6) is -0.204. The number of hydrogen-bond donors (Lipinski definition) is 2. The van der Waals surface area contributed by atoms with Crippen molar-refractivity contribution in [2.24, 2.45) is 11.7 Å². The number of carbonyl (C=O) groups excluding carboxylic acids is 2. The third-order valence-corrected chi connectivity index (χ3v) is 3.70. The second kappa shape index (κ2) is 7.22. The highest BCUT2D eigenvalue weighted by Gasteiger charge is 2.20. The summed E-state index contributed by atoms with van der Waals surface area (Å²) in [6.07, 6.45) is 0.840. The molecule has 1 aromatic rings. The molecular formula is C16H25N3O2. The lowest BCUT2D eigenvalue weighted by molar-refractivity contribution is -0.118. The van der Waals surface area contributed by atoms with E-state index in [0.717, 1.165) is 12.0 Å². The van der Waals surface area contributed by atoms with Crippen LogP contribution in [0.4, 0.5) is 5.69 Å². The molecule has 116 valence electrons. The van der Waals surface area contributed by atoms with Crippen LogP contribution in [0.3, 0.4) is 0 Å². The Balaban J connectivity index is 2.93. The first-order chi connectivity index (χ1) is 9.77. The van der Waals surface area contributed by atoms with Gasteiger partial charge in [0, 0.05) is 25.3 Å². The van der Waals surface area contributed by atoms with Gasteiger partial charge in [-0.3, -0.25) is 9.59 Å². The number of anilines is 1. The molecule has 0 saturated carbocycles. The molecule has 0 aliphatic heterocycles. The van der Waals surface area contributed by atoms with Gasteiger partial charge in [0.1, 0.15) is 0 Å². The maximum atomic E-state index is 12.1. The quantitative estimate of drug-likeness (QED) is 0.871.